The van der Waals surface area contributed by atoms with Gasteiger partial charge in [-0.25, -0.2) is 4.68 Å². The number of para-hydroxylation sites is 1. The van der Waals surface area contributed by atoms with Crippen LogP contribution in [0, 0.1) is 19.8 Å². The molecule has 0 radical (unpaired) electrons. The summed E-state index contributed by atoms with van der Waals surface area (Å²) in [4.78, 5) is 15.5. The maximum Gasteiger partial charge on any atom is 0.251 e. The third-order valence-electron chi connectivity index (χ3n) is 6.26. The molecule has 0 unspecified atom stereocenters. The molecule has 2 aromatic carbocycles. The number of aryl methyl sites for hydroxylation is 2. The van der Waals surface area contributed by atoms with Gasteiger partial charge in [0.05, 0.1) is 17.4 Å². The number of fused-ring (bicyclic) bond motifs is 1. The number of carbonyl (C=O) groups is 1. The molecule has 2 heterocycles. The molecule has 0 spiro atoms. The zero-order valence-corrected chi connectivity index (χ0v) is 19.1. The van der Waals surface area contributed by atoms with Gasteiger partial charge in [0.25, 0.3) is 5.91 Å². The summed E-state index contributed by atoms with van der Waals surface area (Å²) < 4.78 is 2.07. The SMILES string of the molecule is CCN1C[C@@H](NC(=O)c2cccc(C)c2)[C@@H](C(C)C)c2c(C)nn(-c3ccccc3)c21. The average Bonchev–Trinajstić information content (AvgIpc) is 3.10. The topological polar surface area (TPSA) is 50.2 Å². The quantitative estimate of drug-likeness (QED) is 0.646. The third-order valence-corrected chi connectivity index (χ3v) is 6.26. The van der Waals surface area contributed by atoms with Crippen LogP contribution in [0.2, 0.25) is 0 Å². The van der Waals surface area contributed by atoms with Gasteiger partial charge >= 0.3 is 0 Å². The van der Waals surface area contributed by atoms with Crippen molar-refractivity contribution in [1.82, 2.24) is 15.1 Å². The van der Waals surface area contributed by atoms with Crippen molar-refractivity contribution >= 4 is 11.7 Å². The molecule has 0 aliphatic carbocycles. The predicted octanol–water partition coefficient (Wildman–Crippen LogP) is 4.87. The van der Waals surface area contributed by atoms with E-state index in [1.54, 1.807) is 0 Å². The molecule has 5 heteroatoms. The molecule has 4 rings (SSSR count). The van der Waals surface area contributed by atoms with Crippen LogP contribution in [0.15, 0.2) is 54.6 Å². The van der Waals surface area contributed by atoms with Crippen LogP contribution in [-0.2, 0) is 0 Å². The van der Waals surface area contributed by atoms with Crippen LogP contribution in [0.4, 0.5) is 5.82 Å². The molecule has 0 fully saturated rings. The smallest absolute Gasteiger partial charge is 0.251 e. The first-order chi connectivity index (χ1) is 14.9. The van der Waals surface area contributed by atoms with Crippen molar-refractivity contribution < 1.29 is 4.79 Å². The Kier molecular flexibility index (Phi) is 5.86. The molecule has 5 nitrogen and oxygen atoms in total. The number of likely N-dealkylation sites (N-methyl/N-ethyl adjacent to an activating group) is 1. The van der Waals surface area contributed by atoms with E-state index in [9.17, 15) is 4.79 Å². The summed E-state index contributed by atoms with van der Waals surface area (Å²) in [7, 11) is 0. The number of amides is 1. The van der Waals surface area contributed by atoms with E-state index in [4.69, 9.17) is 5.10 Å². The lowest BCUT2D eigenvalue weighted by molar-refractivity contribution is 0.0925. The van der Waals surface area contributed by atoms with Crippen LogP contribution in [0.25, 0.3) is 5.69 Å². The van der Waals surface area contributed by atoms with Gasteiger partial charge in [-0.3, -0.25) is 4.79 Å². The van der Waals surface area contributed by atoms with E-state index < -0.39 is 0 Å². The van der Waals surface area contributed by atoms with Gasteiger partial charge < -0.3 is 10.2 Å². The molecule has 31 heavy (non-hydrogen) atoms. The Morgan fingerprint density at radius 1 is 1.13 bits per heavy atom. The molecule has 0 bridgehead atoms. The summed E-state index contributed by atoms with van der Waals surface area (Å²) in [6.45, 7) is 12.4. The second kappa shape index (κ2) is 8.58. The van der Waals surface area contributed by atoms with Gasteiger partial charge in [-0.15, -0.1) is 0 Å². The van der Waals surface area contributed by atoms with Crippen molar-refractivity contribution in [2.45, 2.75) is 46.6 Å². The second-order valence-corrected chi connectivity index (χ2v) is 8.83. The number of nitrogens with zero attached hydrogens (tertiary/aromatic N) is 3. The summed E-state index contributed by atoms with van der Waals surface area (Å²) >= 11 is 0. The maximum absolute atomic E-state index is 13.1. The lowest BCUT2D eigenvalue weighted by Gasteiger charge is -2.41. The number of hydrogen-bond acceptors (Lipinski definition) is 3. The van der Waals surface area contributed by atoms with Crippen molar-refractivity contribution in [3.63, 3.8) is 0 Å². The molecule has 3 aromatic rings. The molecule has 2 atom stereocenters. The van der Waals surface area contributed by atoms with Gasteiger partial charge in [0.15, 0.2) is 0 Å². The molecule has 0 saturated carbocycles. The Balaban J connectivity index is 1.75. The highest BCUT2D eigenvalue weighted by molar-refractivity contribution is 5.94. The Morgan fingerprint density at radius 3 is 2.52 bits per heavy atom. The highest BCUT2D eigenvalue weighted by atomic mass is 16.1. The van der Waals surface area contributed by atoms with Crippen molar-refractivity contribution in [2.75, 3.05) is 18.0 Å². The fraction of sp³-hybridized carbons (Fsp3) is 0.385. The van der Waals surface area contributed by atoms with E-state index in [-0.39, 0.29) is 17.9 Å². The van der Waals surface area contributed by atoms with Gasteiger partial charge in [-0.05, 0) is 51.0 Å². The van der Waals surface area contributed by atoms with Crippen LogP contribution >= 0.6 is 0 Å². The Bertz CT molecular complexity index is 1070. The lowest BCUT2D eigenvalue weighted by Crippen LogP contribution is -2.52. The molecule has 1 aromatic heterocycles. The van der Waals surface area contributed by atoms with Gasteiger partial charge in [0, 0.05) is 30.1 Å². The van der Waals surface area contributed by atoms with Gasteiger partial charge in [-0.2, -0.15) is 5.10 Å². The van der Waals surface area contributed by atoms with Crippen molar-refractivity contribution in [1.29, 1.82) is 0 Å². The summed E-state index contributed by atoms with van der Waals surface area (Å²) in [6, 6.07) is 18.1. The summed E-state index contributed by atoms with van der Waals surface area (Å²) in [5.74, 6) is 1.72. The highest BCUT2D eigenvalue weighted by Crippen LogP contribution is 2.42. The van der Waals surface area contributed by atoms with E-state index in [1.165, 1.54) is 5.56 Å². The molecular weight excluding hydrogens is 384 g/mol. The number of aromatic nitrogens is 2. The molecule has 1 aliphatic rings. The molecule has 0 saturated heterocycles. The zero-order valence-electron chi connectivity index (χ0n) is 19.1. The Morgan fingerprint density at radius 2 is 1.87 bits per heavy atom. The summed E-state index contributed by atoms with van der Waals surface area (Å²) in [5, 5.41) is 8.30. The van der Waals surface area contributed by atoms with Gasteiger partial charge in [0.2, 0.25) is 0 Å². The van der Waals surface area contributed by atoms with E-state index in [0.717, 1.165) is 35.9 Å². The minimum Gasteiger partial charge on any atom is -0.354 e. The minimum absolute atomic E-state index is 0.00745. The lowest BCUT2D eigenvalue weighted by atomic mass is 9.79. The Labute approximate surface area is 185 Å². The number of benzene rings is 2. The van der Waals surface area contributed by atoms with Crippen LogP contribution < -0.4 is 10.2 Å². The highest BCUT2D eigenvalue weighted by Gasteiger charge is 2.40. The number of nitrogens with one attached hydrogen (secondary N) is 1. The number of rotatable bonds is 5. The van der Waals surface area contributed by atoms with Crippen LogP contribution in [-0.4, -0.2) is 34.8 Å². The molecular formula is C26H32N4O. The van der Waals surface area contributed by atoms with E-state index >= 15 is 0 Å². The molecule has 1 aliphatic heterocycles. The van der Waals surface area contributed by atoms with Crippen LogP contribution in [0.1, 0.15) is 53.9 Å². The molecule has 1 N–H and O–H groups in total. The number of hydrogen-bond donors (Lipinski definition) is 1. The van der Waals surface area contributed by atoms with E-state index in [0.29, 0.717) is 11.5 Å². The Hall–Kier alpha value is -3.08. The predicted molar refractivity (Wildman–Crippen MR) is 126 cm³/mol. The monoisotopic (exact) mass is 416 g/mol. The third kappa shape index (κ3) is 3.97. The minimum atomic E-state index is -0.00745. The van der Waals surface area contributed by atoms with Crippen molar-refractivity contribution in [2.24, 2.45) is 5.92 Å². The maximum atomic E-state index is 13.1. The van der Waals surface area contributed by atoms with Crippen molar-refractivity contribution in [3.05, 3.63) is 77.0 Å². The first kappa shape index (κ1) is 21.2. The normalized spacial score (nSPS) is 18.2. The average molecular weight is 417 g/mol. The number of carbonyl (C=O) groups excluding carboxylic acids is 1. The fourth-order valence-corrected chi connectivity index (χ4v) is 4.86. The standard InChI is InChI=1S/C26H32N4O/c1-6-29-16-22(27-25(31)20-12-10-11-18(4)15-20)23(17(2)3)24-19(5)28-30(26(24)29)21-13-8-7-9-14-21/h7-15,17,22-23H,6,16H2,1-5H3,(H,27,31)/t22-,23-/m1/s1. The molecule has 1 amide bonds. The van der Waals surface area contributed by atoms with E-state index in [2.05, 4.69) is 54.7 Å². The van der Waals surface area contributed by atoms with Gasteiger partial charge in [-0.1, -0.05) is 49.7 Å². The second-order valence-electron chi connectivity index (χ2n) is 8.83. The fourth-order valence-electron chi connectivity index (χ4n) is 4.86. The number of anilines is 1. The van der Waals surface area contributed by atoms with Gasteiger partial charge in [0.1, 0.15) is 5.82 Å². The molecule has 162 valence electrons. The first-order valence-electron chi connectivity index (χ1n) is 11.2. The van der Waals surface area contributed by atoms with Crippen LogP contribution in [0.5, 0.6) is 0 Å². The van der Waals surface area contributed by atoms with E-state index in [1.807, 2.05) is 49.4 Å². The van der Waals surface area contributed by atoms with Crippen LogP contribution in [0.3, 0.4) is 0 Å². The zero-order chi connectivity index (χ0) is 22.1. The largest absolute Gasteiger partial charge is 0.354 e. The summed E-state index contributed by atoms with van der Waals surface area (Å²) in [5.41, 5.74) is 5.16. The summed E-state index contributed by atoms with van der Waals surface area (Å²) in [6.07, 6.45) is 0. The first-order valence-corrected chi connectivity index (χ1v) is 11.2. The van der Waals surface area contributed by atoms with Crippen molar-refractivity contribution in [3.8, 4) is 5.69 Å².